The lowest BCUT2D eigenvalue weighted by atomic mass is 9.40. The maximum atomic E-state index is 13.5. The molecule has 0 aromatic rings. The van der Waals surface area contributed by atoms with Crippen LogP contribution in [0, 0.1) is 55.7 Å². The van der Waals surface area contributed by atoms with Gasteiger partial charge in [0.2, 0.25) is 0 Å². The fourth-order valence-electron chi connectivity index (χ4n) is 9.56. The molecule has 1 N–H and O–H groups in total. The molecule has 226 valence electrons. The van der Waals surface area contributed by atoms with Crippen molar-refractivity contribution in [2.45, 2.75) is 114 Å². The smallest absolute Gasteiger partial charge is 0.407 e. The summed E-state index contributed by atoms with van der Waals surface area (Å²) >= 11 is 0. The largest absolute Gasteiger partial charge is 0.449 e. The van der Waals surface area contributed by atoms with E-state index < -0.39 is 10.8 Å². The number of rotatable bonds is 6. The molecule has 4 rings (SSSR count). The third kappa shape index (κ3) is 5.10. The van der Waals surface area contributed by atoms with E-state index in [-0.39, 0.29) is 50.8 Å². The number of fused-ring (bicyclic) bond motifs is 3. The molecule has 2 fully saturated rings. The normalized spacial score (nSPS) is 39.4. The number of nitrogens with zero attached hydrogens (tertiary/aromatic N) is 1. The second kappa shape index (κ2) is 10.4. The van der Waals surface area contributed by atoms with Crippen LogP contribution >= 0.6 is 0 Å². The molecule has 0 spiro atoms. The van der Waals surface area contributed by atoms with Gasteiger partial charge < -0.3 is 10.1 Å². The third-order valence-electron chi connectivity index (χ3n) is 12.5. The van der Waals surface area contributed by atoms with Gasteiger partial charge in [-0.25, -0.2) is 4.79 Å². The van der Waals surface area contributed by atoms with Gasteiger partial charge >= 0.3 is 6.09 Å². The minimum absolute atomic E-state index is 0.0338. The standard InChI is InChI=1S/C35H52N2O4/c1-10-37-29(40)41-22-35(15-13-30(3,4)18-23(35)2)16-14-32(7)20-25(38)17-27-33(8)19-24(21-36)28(39)31(5,6)26(33)11-12-34(27,32)9/h17,19,23,26H,10-16,18,20,22H2,1-9H3,(H,37,40)/t23?,26-,32+,33-,34+,35+/m0/s1. The lowest BCUT2D eigenvalue weighted by Crippen LogP contribution is -2.58. The Kier molecular flexibility index (Phi) is 7.98. The van der Waals surface area contributed by atoms with Crippen LogP contribution in [0.15, 0.2) is 23.3 Å². The van der Waals surface area contributed by atoms with Crippen molar-refractivity contribution in [2.24, 2.45) is 44.3 Å². The van der Waals surface area contributed by atoms with Gasteiger partial charge in [0.15, 0.2) is 11.6 Å². The van der Waals surface area contributed by atoms with Gasteiger partial charge in [0.05, 0.1) is 12.2 Å². The number of ether oxygens (including phenoxy) is 1. The van der Waals surface area contributed by atoms with Gasteiger partial charge in [-0.3, -0.25) is 9.59 Å². The number of nitrogens with one attached hydrogen (secondary N) is 1. The third-order valence-corrected chi connectivity index (χ3v) is 12.5. The Hall–Kier alpha value is -2.42. The summed E-state index contributed by atoms with van der Waals surface area (Å²) in [4.78, 5) is 39.1. The topological polar surface area (TPSA) is 96.3 Å². The first-order valence-electron chi connectivity index (χ1n) is 15.7. The van der Waals surface area contributed by atoms with E-state index in [0.29, 0.717) is 25.5 Å². The highest BCUT2D eigenvalue weighted by Gasteiger charge is 2.63. The lowest BCUT2D eigenvalue weighted by molar-refractivity contribution is -0.133. The quantitative estimate of drug-likeness (QED) is 0.356. The van der Waals surface area contributed by atoms with Crippen molar-refractivity contribution in [1.82, 2.24) is 5.32 Å². The van der Waals surface area contributed by atoms with E-state index in [1.165, 1.54) is 0 Å². The first kappa shape index (κ1) is 31.5. The number of hydrogen-bond acceptors (Lipinski definition) is 5. The van der Waals surface area contributed by atoms with Crippen molar-refractivity contribution in [2.75, 3.05) is 13.2 Å². The zero-order chi connectivity index (χ0) is 30.6. The summed E-state index contributed by atoms with van der Waals surface area (Å²) in [6.45, 7) is 20.5. The van der Waals surface area contributed by atoms with E-state index in [2.05, 4.69) is 52.9 Å². The van der Waals surface area contributed by atoms with E-state index in [4.69, 9.17) is 4.74 Å². The number of carbonyl (C=O) groups is 3. The van der Waals surface area contributed by atoms with Gasteiger partial charge in [-0.2, -0.15) is 5.26 Å². The number of allylic oxidation sites excluding steroid dienone is 4. The maximum Gasteiger partial charge on any atom is 0.407 e. The minimum Gasteiger partial charge on any atom is -0.449 e. The van der Waals surface area contributed by atoms with Gasteiger partial charge in [0.1, 0.15) is 6.07 Å². The molecule has 1 amide bonds. The van der Waals surface area contributed by atoms with E-state index in [9.17, 15) is 19.6 Å². The highest BCUT2D eigenvalue weighted by Crippen LogP contribution is 2.69. The number of hydrogen-bond donors (Lipinski definition) is 1. The average molecular weight is 565 g/mol. The molecule has 0 aromatic heterocycles. The number of nitriles is 1. The van der Waals surface area contributed by atoms with Crippen LogP contribution in [0.3, 0.4) is 0 Å². The van der Waals surface area contributed by atoms with Gasteiger partial charge in [-0.05, 0) is 86.0 Å². The maximum absolute atomic E-state index is 13.5. The summed E-state index contributed by atoms with van der Waals surface area (Å²) in [5.74, 6) is 0.464. The predicted molar refractivity (Wildman–Crippen MR) is 161 cm³/mol. The van der Waals surface area contributed by atoms with E-state index >= 15 is 0 Å². The molecule has 0 saturated heterocycles. The Balaban J connectivity index is 1.70. The summed E-state index contributed by atoms with van der Waals surface area (Å²) in [6.07, 6.45) is 10.6. The number of carbonyl (C=O) groups excluding carboxylic acids is 3. The molecule has 6 atom stereocenters. The molecule has 4 aliphatic carbocycles. The Morgan fingerprint density at radius 2 is 1.76 bits per heavy atom. The van der Waals surface area contributed by atoms with Crippen molar-refractivity contribution in [1.29, 1.82) is 5.26 Å². The lowest BCUT2D eigenvalue weighted by Gasteiger charge is -2.63. The zero-order valence-corrected chi connectivity index (χ0v) is 27.0. The van der Waals surface area contributed by atoms with Crippen molar-refractivity contribution in [3.63, 3.8) is 0 Å². The van der Waals surface area contributed by atoms with Crippen LogP contribution in [0.2, 0.25) is 0 Å². The molecule has 0 radical (unpaired) electrons. The molecule has 2 saturated carbocycles. The number of alkyl carbamates (subject to hydrolysis) is 1. The molecular formula is C35H52N2O4. The fourth-order valence-corrected chi connectivity index (χ4v) is 9.56. The summed E-state index contributed by atoms with van der Waals surface area (Å²) in [7, 11) is 0. The monoisotopic (exact) mass is 564 g/mol. The first-order valence-corrected chi connectivity index (χ1v) is 15.7. The average Bonchev–Trinajstić information content (AvgIpc) is 2.87. The van der Waals surface area contributed by atoms with E-state index in [1.807, 2.05) is 32.9 Å². The van der Waals surface area contributed by atoms with Crippen LogP contribution in [0.1, 0.15) is 114 Å². The van der Waals surface area contributed by atoms with Crippen molar-refractivity contribution >= 4 is 17.7 Å². The molecule has 1 unspecified atom stereocenters. The number of ketones is 2. The Labute approximate surface area is 247 Å². The molecule has 41 heavy (non-hydrogen) atoms. The Bertz CT molecular complexity index is 1220. The van der Waals surface area contributed by atoms with Crippen LogP contribution in [-0.2, 0) is 14.3 Å². The zero-order valence-electron chi connectivity index (χ0n) is 27.0. The summed E-state index contributed by atoms with van der Waals surface area (Å²) in [6, 6.07) is 2.18. The van der Waals surface area contributed by atoms with Crippen molar-refractivity contribution < 1.29 is 19.1 Å². The molecule has 0 bridgehead atoms. The highest BCUT2D eigenvalue weighted by molar-refractivity contribution is 6.04. The van der Waals surface area contributed by atoms with Crippen LogP contribution in [-0.4, -0.2) is 30.8 Å². The molecule has 6 heteroatoms. The van der Waals surface area contributed by atoms with Crippen molar-refractivity contribution in [3.8, 4) is 6.07 Å². The van der Waals surface area contributed by atoms with Gasteiger partial charge in [-0.1, -0.05) is 67.0 Å². The molecule has 0 aliphatic heterocycles. The van der Waals surface area contributed by atoms with Gasteiger partial charge in [-0.15, -0.1) is 0 Å². The van der Waals surface area contributed by atoms with E-state index in [0.717, 1.165) is 50.5 Å². The molecular weight excluding hydrogens is 512 g/mol. The molecule has 0 heterocycles. The van der Waals surface area contributed by atoms with Crippen LogP contribution in [0.4, 0.5) is 4.79 Å². The van der Waals surface area contributed by atoms with Crippen LogP contribution in [0.5, 0.6) is 0 Å². The fraction of sp³-hybridized carbons (Fsp3) is 0.771. The molecule has 4 aliphatic rings. The van der Waals surface area contributed by atoms with Crippen molar-refractivity contribution in [3.05, 3.63) is 23.3 Å². The van der Waals surface area contributed by atoms with Gasteiger partial charge in [0, 0.05) is 29.2 Å². The second-order valence-corrected chi connectivity index (χ2v) is 15.9. The number of Topliss-reactive ketones (excluding diaryl/α,β-unsaturated/α-hetero) is 1. The first-order chi connectivity index (χ1) is 18.9. The summed E-state index contributed by atoms with van der Waals surface area (Å²) in [5.41, 5.74) is -0.314. The SMILES string of the molecule is CCNC(=O)OC[C@]1(CC[C@]2(C)CC(=O)C=C3[C@@]4(C)C=C(C#N)C(=O)C(C)(C)[C@@H]4CC[C@]32C)CCC(C)(C)CC1C. The highest BCUT2D eigenvalue weighted by atomic mass is 16.5. The summed E-state index contributed by atoms with van der Waals surface area (Å²) in [5, 5.41) is 12.7. The summed E-state index contributed by atoms with van der Waals surface area (Å²) < 4.78 is 5.83. The van der Waals surface area contributed by atoms with Gasteiger partial charge in [0.25, 0.3) is 0 Å². The Morgan fingerprint density at radius 1 is 1.07 bits per heavy atom. The molecule has 6 nitrogen and oxygen atoms in total. The van der Waals surface area contributed by atoms with Crippen LogP contribution < -0.4 is 5.32 Å². The predicted octanol–water partition coefficient (Wildman–Crippen LogP) is 7.73. The second-order valence-electron chi connectivity index (χ2n) is 15.9. The Morgan fingerprint density at radius 3 is 2.37 bits per heavy atom. The molecule has 0 aromatic carbocycles. The minimum atomic E-state index is -0.668. The van der Waals surface area contributed by atoms with E-state index in [1.54, 1.807) is 0 Å². The number of amides is 1. The van der Waals surface area contributed by atoms with Crippen LogP contribution in [0.25, 0.3) is 0 Å².